The first-order valence-electron chi connectivity index (χ1n) is 7.77. The highest BCUT2D eigenvalue weighted by Crippen LogP contribution is 2.25. The molecule has 5 nitrogen and oxygen atoms in total. The zero-order valence-corrected chi connectivity index (χ0v) is 14.5. The van der Waals surface area contributed by atoms with Crippen molar-refractivity contribution in [3.63, 3.8) is 0 Å². The average molecular weight is 354 g/mol. The van der Waals surface area contributed by atoms with Gasteiger partial charge in [-0.2, -0.15) is 0 Å². The molecule has 1 heterocycles. The van der Waals surface area contributed by atoms with E-state index < -0.39 is 0 Å². The lowest BCUT2D eigenvalue weighted by molar-refractivity contribution is -0.120. The quantitative estimate of drug-likeness (QED) is 0.712. The minimum atomic E-state index is -0.0709. The number of phenolic OH excluding ortho intramolecular Hbond substituents is 1. The number of ether oxygens (including phenoxy) is 1. The zero-order valence-electron chi connectivity index (χ0n) is 13.7. The van der Waals surface area contributed by atoms with Crippen molar-refractivity contribution in [2.45, 2.75) is 13.0 Å². The second-order valence-corrected chi connectivity index (χ2v) is 6.35. The fourth-order valence-electron chi connectivity index (χ4n) is 2.30. The number of thiazole rings is 1. The molecule has 0 bridgehead atoms. The van der Waals surface area contributed by atoms with Gasteiger partial charge in [0.15, 0.2) is 0 Å². The van der Waals surface area contributed by atoms with Gasteiger partial charge >= 0.3 is 0 Å². The van der Waals surface area contributed by atoms with Crippen molar-refractivity contribution < 1.29 is 14.6 Å². The molecule has 3 rings (SSSR count). The van der Waals surface area contributed by atoms with Crippen LogP contribution in [0, 0.1) is 0 Å². The van der Waals surface area contributed by atoms with E-state index in [0.717, 1.165) is 27.6 Å². The Bertz CT molecular complexity index is 842. The maximum absolute atomic E-state index is 12.1. The molecular weight excluding hydrogens is 336 g/mol. The third-order valence-corrected chi connectivity index (χ3v) is 4.60. The molecule has 128 valence electrons. The Morgan fingerprint density at radius 2 is 1.88 bits per heavy atom. The first kappa shape index (κ1) is 17.0. The number of nitrogens with zero attached hydrogens (tertiary/aromatic N) is 1. The van der Waals surface area contributed by atoms with Crippen molar-refractivity contribution in [1.82, 2.24) is 10.3 Å². The smallest absolute Gasteiger partial charge is 0.226 e. The van der Waals surface area contributed by atoms with E-state index >= 15 is 0 Å². The number of hydrogen-bond donors (Lipinski definition) is 2. The highest BCUT2D eigenvalue weighted by molar-refractivity contribution is 7.13. The summed E-state index contributed by atoms with van der Waals surface area (Å²) >= 11 is 1.48. The number of nitrogens with one attached hydrogen (secondary N) is 1. The topological polar surface area (TPSA) is 71.5 Å². The van der Waals surface area contributed by atoms with E-state index in [2.05, 4.69) is 10.3 Å². The van der Waals surface area contributed by atoms with Crippen LogP contribution in [0.5, 0.6) is 11.5 Å². The van der Waals surface area contributed by atoms with E-state index in [1.54, 1.807) is 19.2 Å². The number of phenols is 1. The van der Waals surface area contributed by atoms with Crippen LogP contribution >= 0.6 is 11.3 Å². The van der Waals surface area contributed by atoms with Crippen LogP contribution in [0.4, 0.5) is 0 Å². The summed E-state index contributed by atoms with van der Waals surface area (Å²) in [4.78, 5) is 16.6. The molecule has 0 saturated heterocycles. The van der Waals surface area contributed by atoms with E-state index in [-0.39, 0.29) is 18.1 Å². The Morgan fingerprint density at radius 3 is 2.56 bits per heavy atom. The number of methoxy groups -OCH3 is 1. The Hall–Kier alpha value is -2.86. The Morgan fingerprint density at radius 1 is 1.16 bits per heavy atom. The van der Waals surface area contributed by atoms with Gasteiger partial charge in [0, 0.05) is 17.5 Å². The molecule has 2 N–H and O–H groups in total. The Kier molecular flexibility index (Phi) is 5.30. The molecule has 1 aromatic heterocycles. The first-order chi connectivity index (χ1) is 12.1. The van der Waals surface area contributed by atoms with Gasteiger partial charge in [-0.1, -0.05) is 12.1 Å². The zero-order chi connectivity index (χ0) is 17.6. The third-order valence-electron chi connectivity index (χ3n) is 3.66. The molecule has 0 fully saturated rings. The van der Waals surface area contributed by atoms with Crippen LogP contribution in [0.2, 0.25) is 0 Å². The summed E-state index contributed by atoms with van der Waals surface area (Å²) < 4.78 is 5.11. The predicted molar refractivity (Wildman–Crippen MR) is 97.8 cm³/mol. The van der Waals surface area contributed by atoms with Gasteiger partial charge in [-0.3, -0.25) is 4.79 Å². The fraction of sp³-hybridized carbons (Fsp3) is 0.158. The van der Waals surface area contributed by atoms with Gasteiger partial charge in [0.1, 0.15) is 16.5 Å². The lowest BCUT2D eigenvalue weighted by Gasteiger charge is -2.05. The van der Waals surface area contributed by atoms with Gasteiger partial charge in [0.05, 0.1) is 19.2 Å². The third kappa shape index (κ3) is 4.58. The summed E-state index contributed by atoms with van der Waals surface area (Å²) in [6, 6.07) is 14.4. The van der Waals surface area contributed by atoms with E-state index in [0.29, 0.717) is 6.54 Å². The maximum atomic E-state index is 12.1. The molecule has 3 aromatic rings. The van der Waals surface area contributed by atoms with E-state index in [4.69, 9.17) is 4.74 Å². The van der Waals surface area contributed by atoms with Crippen molar-refractivity contribution in [3.8, 4) is 22.1 Å². The normalized spacial score (nSPS) is 10.4. The van der Waals surface area contributed by atoms with E-state index in [1.807, 2.05) is 41.8 Å². The number of benzene rings is 2. The second kappa shape index (κ2) is 7.81. The number of aromatic hydroxyl groups is 1. The van der Waals surface area contributed by atoms with E-state index in [9.17, 15) is 9.90 Å². The standard InChI is InChI=1S/C19H18N2O3S/c1-24-17-8-2-13(3-9-17)11-20-18(23)10-15-12-25-19(21-15)14-4-6-16(22)7-5-14/h2-9,12,22H,10-11H2,1H3,(H,20,23). The van der Waals surface area contributed by atoms with Gasteiger partial charge in [-0.05, 0) is 42.0 Å². The average Bonchev–Trinajstić information content (AvgIpc) is 3.09. The molecule has 25 heavy (non-hydrogen) atoms. The molecule has 0 unspecified atom stereocenters. The van der Waals surface area contributed by atoms with Crippen LogP contribution in [-0.2, 0) is 17.8 Å². The number of hydrogen-bond acceptors (Lipinski definition) is 5. The van der Waals surface area contributed by atoms with Crippen LogP contribution in [0.15, 0.2) is 53.9 Å². The molecule has 6 heteroatoms. The first-order valence-corrected chi connectivity index (χ1v) is 8.65. The highest BCUT2D eigenvalue weighted by atomic mass is 32.1. The van der Waals surface area contributed by atoms with Crippen molar-refractivity contribution in [1.29, 1.82) is 0 Å². The van der Waals surface area contributed by atoms with Crippen molar-refractivity contribution in [2.75, 3.05) is 7.11 Å². The molecule has 0 spiro atoms. The van der Waals surface area contributed by atoms with Crippen molar-refractivity contribution in [2.24, 2.45) is 0 Å². The van der Waals surface area contributed by atoms with Crippen LogP contribution in [0.1, 0.15) is 11.3 Å². The van der Waals surface area contributed by atoms with Crippen LogP contribution < -0.4 is 10.1 Å². The molecule has 0 atom stereocenters. The SMILES string of the molecule is COc1ccc(CNC(=O)Cc2csc(-c3ccc(O)cc3)n2)cc1. The number of amides is 1. The summed E-state index contributed by atoms with van der Waals surface area (Å²) in [5.74, 6) is 0.941. The second-order valence-electron chi connectivity index (χ2n) is 5.49. The van der Waals surface area contributed by atoms with Crippen molar-refractivity contribution in [3.05, 3.63) is 65.2 Å². The summed E-state index contributed by atoms with van der Waals surface area (Å²) in [6.07, 6.45) is 0.241. The number of carbonyl (C=O) groups is 1. The van der Waals surface area contributed by atoms with Gasteiger partial charge < -0.3 is 15.2 Å². The minimum Gasteiger partial charge on any atom is -0.508 e. The maximum Gasteiger partial charge on any atom is 0.226 e. The molecule has 2 aromatic carbocycles. The van der Waals surface area contributed by atoms with Crippen LogP contribution in [0.25, 0.3) is 10.6 Å². The lowest BCUT2D eigenvalue weighted by Crippen LogP contribution is -2.24. The monoisotopic (exact) mass is 354 g/mol. The molecule has 0 radical (unpaired) electrons. The molecule has 0 aliphatic carbocycles. The molecule has 0 aliphatic rings. The Labute approximate surface area is 149 Å². The molecular formula is C19H18N2O3S. The predicted octanol–water partition coefficient (Wildman–Crippen LogP) is 3.38. The lowest BCUT2D eigenvalue weighted by atomic mass is 10.2. The van der Waals surface area contributed by atoms with Crippen molar-refractivity contribution >= 4 is 17.2 Å². The number of rotatable bonds is 6. The summed E-state index contributed by atoms with van der Waals surface area (Å²) in [5, 5.41) is 14.9. The summed E-state index contributed by atoms with van der Waals surface area (Å²) in [7, 11) is 1.62. The molecule has 0 saturated carbocycles. The largest absolute Gasteiger partial charge is 0.508 e. The molecule has 1 amide bonds. The van der Waals surface area contributed by atoms with E-state index in [1.165, 1.54) is 11.3 Å². The van der Waals surface area contributed by atoms with Crippen LogP contribution in [-0.4, -0.2) is 23.1 Å². The summed E-state index contributed by atoms with van der Waals surface area (Å²) in [6.45, 7) is 0.470. The highest BCUT2D eigenvalue weighted by Gasteiger charge is 2.09. The van der Waals surface area contributed by atoms with Gasteiger partial charge in [-0.25, -0.2) is 4.98 Å². The summed E-state index contributed by atoms with van der Waals surface area (Å²) in [5.41, 5.74) is 2.67. The number of carbonyl (C=O) groups excluding carboxylic acids is 1. The van der Waals surface area contributed by atoms with Gasteiger partial charge in [0.2, 0.25) is 5.91 Å². The van der Waals surface area contributed by atoms with Gasteiger partial charge in [-0.15, -0.1) is 11.3 Å². The number of aromatic nitrogens is 1. The van der Waals surface area contributed by atoms with Gasteiger partial charge in [0.25, 0.3) is 0 Å². The minimum absolute atomic E-state index is 0.0709. The fourth-order valence-corrected chi connectivity index (χ4v) is 3.12. The van der Waals surface area contributed by atoms with Crippen LogP contribution in [0.3, 0.4) is 0 Å². The molecule has 0 aliphatic heterocycles. The Balaban J connectivity index is 1.55.